The zero-order valence-electron chi connectivity index (χ0n) is 15.3. The van der Waals surface area contributed by atoms with Crippen LogP contribution in [-0.2, 0) is 17.8 Å². The van der Waals surface area contributed by atoms with Gasteiger partial charge in [-0.25, -0.2) is 0 Å². The molecule has 2 aromatic heterocycles. The van der Waals surface area contributed by atoms with Crippen LogP contribution in [0.4, 0.5) is 0 Å². The number of fused-ring (bicyclic) bond motifs is 1. The Labute approximate surface area is 157 Å². The molecule has 1 amide bonds. The van der Waals surface area contributed by atoms with Gasteiger partial charge in [0.2, 0.25) is 5.91 Å². The quantitative estimate of drug-likeness (QED) is 0.619. The normalized spacial score (nSPS) is 22.2. The minimum atomic E-state index is -0.516. The molecule has 2 heterocycles. The molecule has 0 aliphatic heterocycles. The molecule has 1 unspecified atom stereocenters. The number of aromatic nitrogens is 3. The number of methoxy groups -OCH3 is 1. The number of aromatic amines is 1. The Kier molecular flexibility index (Phi) is 4.85. The second-order valence-corrected chi connectivity index (χ2v) is 7.18. The Hall–Kier alpha value is -2.80. The number of aliphatic hydroxyl groups excluding tert-OH is 1. The molecule has 0 saturated heterocycles. The van der Waals surface area contributed by atoms with Crippen molar-refractivity contribution in [2.75, 3.05) is 7.11 Å². The molecule has 1 saturated carbocycles. The number of carbonyl (C=O) groups is 1. The van der Waals surface area contributed by atoms with E-state index in [4.69, 9.17) is 4.74 Å². The van der Waals surface area contributed by atoms with Gasteiger partial charge in [-0.2, -0.15) is 5.10 Å². The first kappa shape index (κ1) is 17.6. The third-order valence-electron chi connectivity index (χ3n) is 5.31. The Bertz CT molecular complexity index is 919. The number of carbonyl (C=O) groups excluding carboxylic acids is 1. The molecule has 0 spiro atoms. The molecule has 142 valence electrons. The van der Waals surface area contributed by atoms with Gasteiger partial charge >= 0.3 is 0 Å². The molecule has 1 aliphatic rings. The van der Waals surface area contributed by atoms with Crippen LogP contribution in [-0.4, -0.2) is 45.0 Å². The van der Waals surface area contributed by atoms with Crippen LogP contribution in [0.15, 0.2) is 42.9 Å². The van der Waals surface area contributed by atoms with Crippen LogP contribution in [0.1, 0.15) is 18.4 Å². The van der Waals surface area contributed by atoms with E-state index >= 15 is 0 Å². The van der Waals surface area contributed by atoms with Gasteiger partial charge in [-0.15, -0.1) is 0 Å². The lowest BCUT2D eigenvalue weighted by atomic mass is 10.1. The lowest BCUT2D eigenvalue weighted by molar-refractivity contribution is -0.121. The molecule has 0 radical (unpaired) electrons. The van der Waals surface area contributed by atoms with Crippen molar-refractivity contribution >= 4 is 16.8 Å². The summed E-state index contributed by atoms with van der Waals surface area (Å²) in [6, 6.07) is 7.45. The number of para-hydroxylation sites is 1. The Balaban J connectivity index is 1.38. The summed E-state index contributed by atoms with van der Waals surface area (Å²) >= 11 is 0. The molecule has 3 N–H and O–H groups in total. The highest BCUT2D eigenvalue weighted by atomic mass is 16.5. The number of aliphatic hydroxyl groups is 1. The van der Waals surface area contributed by atoms with Gasteiger partial charge in [-0.1, -0.05) is 12.1 Å². The minimum absolute atomic E-state index is 0.0810. The van der Waals surface area contributed by atoms with Crippen molar-refractivity contribution in [3.63, 3.8) is 0 Å². The summed E-state index contributed by atoms with van der Waals surface area (Å²) in [7, 11) is 1.63. The summed E-state index contributed by atoms with van der Waals surface area (Å²) in [6.07, 6.45) is 6.70. The van der Waals surface area contributed by atoms with Crippen LogP contribution < -0.4 is 10.1 Å². The number of nitrogens with zero attached hydrogens (tertiary/aromatic N) is 2. The molecule has 0 bridgehead atoms. The van der Waals surface area contributed by atoms with E-state index in [1.807, 2.05) is 41.3 Å². The maximum atomic E-state index is 12.5. The first-order chi connectivity index (χ1) is 13.1. The lowest BCUT2D eigenvalue weighted by Crippen LogP contribution is -2.40. The maximum absolute atomic E-state index is 12.5. The Morgan fingerprint density at radius 3 is 3.07 bits per heavy atom. The highest BCUT2D eigenvalue weighted by molar-refractivity contribution is 5.92. The van der Waals surface area contributed by atoms with Crippen molar-refractivity contribution in [3.05, 3.63) is 48.4 Å². The van der Waals surface area contributed by atoms with E-state index < -0.39 is 6.10 Å². The van der Waals surface area contributed by atoms with Gasteiger partial charge in [-0.3, -0.25) is 9.48 Å². The van der Waals surface area contributed by atoms with Gasteiger partial charge in [0.15, 0.2) is 0 Å². The number of amides is 1. The average molecular weight is 368 g/mol. The minimum Gasteiger partial charge on any atom is -0.495 e. The number of rotatable bonds is 6. The Morgan fingerprint density at radius 2 is 2.30 bits per heavy atom. The number of H-pyrrole nitrogens is 1. The summed E-state index contributed by atoms with van der Waals surface area (Å²) < 4.78 is 7.23. The molecule has 3 aromatic rings. The summed E-state index contributed by atoms with van der Waals surface area (Å²) in [5.41, 5.74) is 1.81. The largest absolute Gasteiger partial charge is 0.495 e. The van der Waals surface area contributed by atoms with Crippen LogP contribution in [0, 0.1) is 5.92 Å². The molecule has 1 aliphatic carbocycles. The second-order valence-electron chi connectivity index (χ2n) is 7.18. The number of hydrogen-bond acceptors (Lipinski definition) is 4. The van der Waals surface area contributed by atoms with Crippen molar-refractivity contribution in [1.82, 2.24) is 20.1 Å². The smallest absolute Gasteiger partial charge is 0.224 e. The van der Waals surface area contributed by atoms with Gasteiger partial charge < -0.3 is 20.1 Å². The van der Waals surface area contributed by atoms with Crippen LogP contribution in [0.5, 0.6) is 5.75 Å². The van der Waals surface area contributed by atoms with Crippen molar-refractivity contribution in [2.24, 2.45) is 5.92 Å². The predicted molar refractivity (Wildman–Crippen MR) is 101 cm³/mol. The number of benzene rings is 1. The fourth-order valence-corrected chi connectivity index (χ4v) is 4.03. The fraction of sp³-hybridized carbons (Fsp3) is 0.400. The van der Waals surface area contributed by atoms with Crippen molar-refractivity contribution in [1.29, 1.82) is 0 Å². The number of nitrogens with one attached hydrogen (secondary N) is 2. The lowest BCUT2D eigenvalue weighted by Gasteiger charge is -2.16. The molecule has 7 heteroatoms. The van der Waals surface area contributed by atoms with Crippen LogP contribution >= 0.6 is 0 Å². The Morgan fingerprint density at radius 1 is 1.41 bits per heavy atom. The SMILES string of the molecule is COc1cccc2c(CC(=O)N[C@@H]3CC(Cn4cccn4)C[C@H]3O)c[nH]c12. The van der Waals surface area contributed by atoms with Crippen LogP contribution in [0.25, 0.3) is 10.9 Å². The maximum Gasteiger partial charge on any atom is 0.224 e. The van der Waals surface area contributed by atoms with E-state index in [0.717, 1.165) is 35.2 Å². The zero-order chi connectivity index (χ0) is 18.8. The van der Waals surface area contributed by atoms with E-state index in [9.17, 15) is 9.90 Å². The third kappa shape index (κ3) is 3.68. The standard InChI is InChI=1S/C20H24N4O3/c1-27-18-5-2-4-15-14(11-21-20(15)18)10-19(26)23-16-8-13(9-17(16)25)12-24-7-3-6-22-24/h2-7,11,13,16-17,21,25H,8-10,12H2,1H3,(H,23,26)/t13?,16-,17-/m1/s1. The summed E-state index contributed by atoms with van der Waals surface area (Å²) in [4.78, 5) is 15.7. The van der Waals surface area contributed by atoms with Gasteiger partial charge in [0.05, 0.1) is 31.2 Å². The second kappa shape index (κ2) is 7.44. The van der Waals surface area contributed by atoms with Gasteiger partial charge in [0, 0.05) is 30.5 Å². The average Bonchev–Trinajstić information content (AvgIpc) is 3.37. The predicted octanol–water partition coefficient (Wildman–Crippen LogP) is 1.87. The third-order valence-corrected chi connectivity index (χ3v) is 5.31. The summed E-state index contributed by atoms with van der Waals surface area (Å²) in [6.45, 7) is 0.763. The van der Waals surface area contributed by atoms with E-state index in [0.29, 0.717) is 12.3 Å². The zero-order valence-corrected chi connectivity index (χ0v) is 15.3. The van der Waals surface area contributed by atoms with Gasteiger partial charge in [0.1, 0.15) is 5.75 Å². The first-order valence-corrected chi connectivity index (χ1v) is 9.22. The molecule has 7 nitrogen and oxygen atoms in total. The molecular weight excluding hydrogens is 344 g/mol. The molecule has 1 aromatic carbocycles. The summed E-state index contributed by atoms with van der Waals surface area (Å²) in [5.74, 6) is 0.983. The van der Waals surface area contributed by atoms with Crippen LogP contribution in [0.2, 0.25) is 0 Å². The van der Waals surface area contributed by atoms with Crippen LogP contribution in [0.3, 0.4) is 0 Å². The first-order valence-electron chi connectivity index (χ1n) is 9.22. The molecule has 3 atom stereocenters. The molecule has 4 rings (SSSR count). The monoisotopic (exact) mass is 368 g/mol. The number of ether oxygens (including phenoxy) is 1. The van der Waals surface area contributed by atoms with Crippen molar-refractivity contribution in [2.45, 2.75) is 38.0 Å². The van der Waals surface area contributed by atoms with Crippen molar-refractivity contribution < 1.29 is 14.6 Å². The molecule has 1 fully saturated rings. The van der Waals surface area contributed by atoms with Gasteiger partial charge in [-0.05, 0) is 36.5 Å². The molecular formula is C20H24N4O3. The molecule has 27 heavy (non-hydrogen) atoms. The highest BCUT2D eigenvalue weighted by Crippen LogP contribution is 2.29. The van der Waals surface area contributed by atoms with E-state index in [2.05, 4.69) is 15.4 Å². The van der Waals surface area contributed by atoms with E-state index in [1.54, 1.807) is 13.3 Å². The van der Waals surface area contributed by atoms with E-state index in [-0.39, 0.29) is 18.4 Å². The topological polar surface area (TPSA) is 92.2 Å². The summed E-state index contributed by atoms with van der Waals surface area (Å²) in [5, 5.41) is 18.5. The van der Waals surface area contributed by atoms with Crippen molar-refractivity contribution in [3.8, 4) is 5.75 Å². The fourth-order valence-electron chi connectivity index (χ4n) is 4.03. The highest BCUT2D eigenvalue weighted by Gasteiger charge is 2.34. The van der Waals surface area contributed by atoms with E-state index in [1.165, 1.54) is 0 Å². The van der Waals surface area contributed by atoms with Gasteiger partial charge in [0.25, 0.3) is 0 Å². The number of hydrogen-bond donors (Lipinski definition) is 3.